The number of carbonyl (C=O) groups is 1. The smallest absolute Gasteiger partial charge is 0.221 e. The summed E-state index contributed by atoms with van der Waals surface area (Å²) in [5.74, 6) is -0.360. The van der Waals surface area contributed by atoms with Crippen LogP contribution in [0, 0.1) is 5.82 Å². The van der Waals surface area contributed by atoms with Crippen LogP contribution < -0.4 is 5.32 Å². The lowest BCUT2D eigenvalue weighted by atomic mass is 9.98. The van der Waals surface area contributed by atoms with Gasteiger partial charge >= 0.3 is 0 Å². The predicted molar refractivity (Wildman–Crippen MR) is 111 cm³/mol. The predicted octanol–water partition coefficient (Wildman–Crippen LogP) is 4.65. The van der Waals surface area contributed by atoms with Crippen molar-refractivity contribution in [3.8, 4) is 11.1 Å². The number of halogens is 1. The van der Waals surface area contributed by atoms with Gasteiger partial charge in [-0.05, 0) is 54.8 Å². The highest BCUT2D eigenvalue weighted by molar-refractivity contribution is 8.22. The zero-order valence-electron chi connectivity index (χ0n) is 15.9. The third-order valence-electron chi connectivity index (χ3n) is 5.97. The van der Waals surface area contributed by atoms with Gasteiger partial charge in [-0.15, -0.1) is 10.8 Å². The molecule has 2 atom stereocenters. The fourth-order valence-electron chi connectivity index (χ4n) is 4.61. The summed E-state index contributed by atoms with van der Waals surface area (Å²) in [5, 5.41) is 3.70. The highest BCUT2D eigenvalue weighted by atomic mass is 32.3. The lowest BCUT2D eigenvalue weighted by Crippen LogP contribution is -2.45. The summed E-state index contributed by atoms with van der Waals surface area (Å²) < 4.78 is 37.3. The van der Waals surface area contributed by atoms with E-state index >= 15 is 0 Å². The highest BCUT2D eigenvalue weighted by Gasteiger charge is 2.45. The Hall–Kier alpha value is -2.39. The summed E-state index contributed by atoms with van der Waals surface area (Å²) in [7, 11) is -3.16. The molecule has 152 valence electrons. The molecule has 4 N–H and O–H groups in total. The minimum atomic E-state index is -3.16. The molecule has 5 rings (SSSR count). The van der Waals surface area contributed by atoms with Gasteiger partial charge in [0, 0.05) is 41.7 Å². The van der Waals surface area contributed by atoms with E-state index in [4.69, 9.17) is 0 Å². The first-order valence-electron chi connectivity index (χ1n) is 9.60. The average Bonchev–Trinajstić information content (AvgIpc) is 3.18. The molecule has 1 fully saturated rings. The Kier molecular flexibility index (Phi) is 4.22. The first kappa shape index (κ1) is 18.6. The fourth-order valence-corrected chi connectivity index (χ4v) is 6.78. The summed E-state index contributed by atoms with van der Waals surface area (Å²) in [6, 6.07) is 9.80. The first-order valence-corrected chi connectivity index (χ1v) is 11.1. The number of nitrogens with zero attached hydrogens (tertiary/aromatic N) is 1. The van der Waals surface area contributed by atoms with Crippen molar-refractivity contribution in [3.63, 3.8) is 0 Å². The van der Waals surface area contributed by atoms with Crippen molar-refractivity contribution < 1.29 is 18.3 Å². The second kappa shape index (κ2) is 6.56. The monoisotopic (exact) mass is 415 g/mol. The molecular weight excluding hydrogens is 393 g/mol. The number of nitrogens with one attached hydrogen (secondary N) is 2. The summed E-state index contributed by atoms with van der Waals surface area (Å²) in [5.41, 5.74) is 3.42. The Morgan fingerprint density at radius 3 is 2.83 bits per heavy atom. The number of benzene rings is 2. The van der Waals surface area contributed by atoms with Crippen LogP contribution in [0.3, 0.4) is 0 Å². The molecule has 6 nitrogen and oxygen atoms in total. The van der Waals surface area contributed by atoms with Crippen molar-refractivity contribution in [1.82, 2.24) is 14.6 Å². The number of aromatic nitrogens is 1. The molecule has 1 aromatic heterocycles. The zero-order valence-corrected chi connectivity index (χ0v) is 16.7. The number of amides is 1. The van der Waals surface area contributed by atoms with Crippen LogP contribution in [0.2, 0.25) is 0 Å². The van der Waals surface area contributed by atoms with E-state index in [-0.39, 0.29) is 30.2 Å². The van der Waals surface area contributed by atoms with E-state index in [1.807, 2.05) is 25.3 Å². The number of rotatable bonds is 2. The number of H-pyrrole nitrogens is 1. The number of aromatic amines is 1. The molecule has 8 heteroatoms. The quantitative estimate of drug-likeness (QED) is 0.490. The number of piperidine rings is 1. The molecule has 2 aromatic carbocycles. The van der Waals surface area contributed by atoms with Crippen LogP contribution in [-0.4, -0.2) is 36.9 Å². The number of carbonyl (C=O) groups excluding carboxylic acids is 1. The van der Waals surface area contributed by atoms with Gasteiger partial charge in [-0.3, -0.25) is 13.9 Å². The zero-order chi connectivity index (χ0) is 20.3. The van der Waals surface area contributed by atoms with Gasteiger partial charge in [0.2, 0.25) is 5.91 Å². The average molecular weight is 415 g/mol. The van der Waals surface area contributed by atoms with E-state index in [2.05, 4.69) is 10.3 Å². The summed E-state index contributed by atoms with van der Waals surface area (Å²) in [6.07, 6.45) is 2.78. The lowest BCUT2D eigenvalue weighted by Gasteiger charge is -2.44. The van der Waals surface area contributed by atoms with Gasteiger partial charge in [0.1, 0.15) is 5.82 Å². The Morgan fingerprint density at radius 2 is 2.03 bits per heavy atom. The summed E-state index contributed by atoms with van der Waals surface area (Å²) in [4.78, 5) is 15.5. The second-order valence-corrected chi connectivity index (χ2v) is 9.60. The fraction of sp³-hybridized carbons (Fsp3) is 0.286. The maximum Gasteiger partial charge on any atom is 0.221 e. The minimum absolute atomic E-state index is 0.0636. The molecule has 2 aliphatic rings. The van der Waals surface area contributed by atoms with Gasteiger partial charge in [-0.25, -0.2) is 4.39 Å². The maximum atomic E-state index is 13.5. The van der Waals surface area contributed by atoms with Crippen molar-refractivity contribution in [2.45, 2.75) is 36.7 Å². The van der Waals surface area contributed by atoms with Crippen LogP contribution >= 0.6 is 10.8 Å². The molecule has 3 aromatic rings. The second-order valence-electron chi connectivity index (χ2n) is 7.70. The molecule has 0 spiro atoms. The van der Waals surface area contributed by atoms with Crippen molar-refractivity contribution in [3.05, 3.63) is 54.0 Å². The highest BCUT2D eigenvalue weighted by Crippen LogP contribution is 2.65. The van der Waals surface area contributed by atoms with Crippen LogP contribution in [0.5, 0.6) is 0 Å². The molecule has 1 amide bonds. The van der Waals surface area contributed by atoms with Gasteiger partial charge < -0.3 is 10.3 Å². The minimum Gasteiger partial charge on any atom is -0.360 e. The van der Waals surface area contributed by atoms with Gasteiger partial charge in [-0.1, -0.05) is 6.07 Å². The lowest BCUT2D eigenvalue weighted by molar-refractivity contribution is -0.123. The van der Waals surface area contributed by atoms with Gasteiger partial charge in [-0.2, -0.15) is 4.31 Å². The van der Waals surface area contributed by atoms with E-state index in [9.17, 15) is 18.3 Å². The molecule has 3 heterocycles. The normalized spacial score (nSPS) is 25.0. The Balaban J connectivity index is 1.56. The van der Waals surface area contributed by atoms with E-state index < -0.39 is 10.8 Å². The van der Waals surface area contributed by atoms with Gasteiger partial charge in [0.05, 0.1) is 10.9 Å². The standard InChI is InChI=1S/C21H22FN3O3S/c1-12-17-8-13(18-11-24-19-9-14(22)3-4-16(18)19)2-5-20(17)29(27,28)25(12)15-6-7-23-21(26)10-15/h2-5,8-9,11-12,15,24,27-28H,6-7,10H2,1H3,(H,23,26). The molecule has 0 aliphatic carbocycles. The summed E-state index contributed by atoms with van der Waals surface area (Å²) in [6.45, 7) is 2.48. The van der Waals surface area contributed by atoms with Gasteiger partial charge in [0.25, 0.3) is 0 Å². The third kappa shape index (κ3) is 2.86. The molecule has 1 saturated heterocycles. The molecular formula is C21H22FN3O3S. The molecule has 2 unspecified atom stereocenters. The maximum absolute atomic E-state index is 13.5. The van der Waals surface area contributed by atoms with Crippen molar-refractivity contribution in [1.29, 1.82) is 0 Å². The molecule has 0 radical (unpaired) electrons. The molecule has 0 saturated carbocycles. The Bertz CT molecular complexity index is 1130. The first-order chi connectivity index (χ1) is 13.9. The van der Waals surface area contributed by atoms with E-state index in [1.165, 1.54) is 12.1 Å². The molecule has 2 aliphatic heterocycles. The largest absolute Gasteiger partial charge is 0.360 e. The van der Waals surface area contributed by atoms with E-state index in [0.29, 0.717) is 23.4 Å². The van der Waals surface area contributed by atoms with Crippen molar-refractivity contribution in [2.24, 2.45) is 0 Å². The molecule has 29 heavy (non-hydrogen) atoms. The SMILES string of the molecule is CC1c2cc(-c3c[nH]c4cc(F)ccc34)ccc2S(O)(O)N1C1CCNC(=O)C1. The Labute approximate surface area is 169 Å². The Morgan fingerprint density at radius 1 is 1.21 bits per heavy atom. The van der Waals surface area contributed by atoms with Crippen LogP contribution in [0.25, 0.3) is 22.0 Å². The number of hydrogen-bond donors (Lipinski definition) is 4. The van der Waals surface area contributed by atoms with Gasteiger partial charge in [0.15, 0.2) is 0 Å². The number of fused-ring (bicyclic) bond motifs is 2. The van der Waals surface area contributed by atoms with Crippen LogP contribution in [0.1, 0.15) is 31.4 Å². The molecule has 0 bridgehead atoms. The summed E-state index contributed by atoms with van der Waals surface area (Å²) >= 11 is 0. The van der Waals surface area contributed by atoms with Crippen LogP contribution in [-0.2, 0) is 4.79 Å². The third-order valence-corrected chi connectivity index (χ3v) is 8.13. The van der Waals surface area contributed by atoms with Crippen LogP contribution in [0.4, 0.5) is 4.39 Å². The van der Waals surface area contributed by atoms with Crippen molar-refractivity contribution >= 4 is 27.6 Å². The van der Waals surface area contributed by atoms with E-state index in [1.54, 1.807) is 16.4 Å². The topological polar surface area (TPSA) is 88.6 Å². The van der Waals surface area contributed by atoms with Crippen molar-refractivity contribution in [2.75, 3.05) is 6.54 Å². The number of hydrogen-bond acceptors (Lipinski definition) is 4. The van der Waals surface area contributed by atoms with E-state index in [0.717, 1.165) is 22.1 Å². The van der Waals surface area contributed by atoms with Crippen LogP contribution in [0.15, 0.2) is 47.5 Å².